The van der Waals surface area contributed by atoms with E-state index in [1.54, 1.807) is 11.5 Å². The van der Waals surface area contributed by atoms with Gasteiger partial charge in [-0.3, -0.25) is 9.36 Å². The Morgan fingerprint density at radius 1 is 1.12 bits per heavy atom. The number of anilines is 1. The molecule has 0 bridgehead atoms. The molecule has 0 saturated heterocycles. The number of halogens is 1. The molecule has 2 N–H and O–H groups in total. The van der Waals surface area contributed by atoms with Crippen LogP contribution in [0.3, 0.4) is 0 Å². The van der Waals surface area contributed by atoms with E-state index in [0.29, 0.717) is 5.82 Å². The maximum absolute atomic E-state index is 13.7. The number of fused-ring (bicyclic) bond motifs is 1. The van der Waals surface area contributed by atoms with Crippen LogP contribution in [0.15, 0.2) is 53.3 Å². The van der Waals surface area contributed by atoms with Crippen LogP contribution in [0.25, 0.3) is 10.9 Å². The molecule has 4 rings (SSSR count). The summed E-state index contributed by atoms with van der Waals surface area (Å²) in [7, 11) is 0. The van der Waals surface area contributed by atoms with E-state index in [-0.39, 0.29) is 28.2 Å². The van der Waals surface area contributed by atoms with Gasteiger partial charge in [0.1, 0.15) is 17.2 Å². The van der Waals surface area contributed by atoms with Crippen LogP contribution in [0.4, 0.5) is 10.1 Å². The van der Waals surface area contributed by atoms with Gasteiger partial charge < -0.3 is 5.73 Å². The number of rotatable bonds is 1. The highest BCUT2D eigenvalue weighted by Gasteiger charge is 2.24. The van der Waals surface area contributed by atoms with Gasteiger partial charge in [0.2, 0.25) is 0 Å². The smallest absolute Gasteiger partial charge is 0.263 e. The molecular weight excluding hydrogens is 305 g/mol. The van der Waals surface area contributed by atoms with E-state index in [1.165, 1.54) is 12.1 Å². The number of nitrogens with zero attached hydrogens (tertiary/aromatic N) is 2. The molecule has 0 atom stereocenters. The van der Waals surface area contributed by atoms with Gasteiger partial charge in [-0.05, 0) is 38.3 Å². The molecule has 124 valence electrons. The van der Waals surface area contributed by atoms with E-state index >= 15 is 0 Å². The van der Waals surface area contributed by atoms with Gasteiger partial charge in [-0.25, -0.2) is 9.37 Å². The van der Waals surface area contributed by atoms with E-state index in [1.807, 2.05) is 36.4 Å². The van der Waals surface area contributed by atoms with Crippen molar-refractivity contribution in [2.24, 2.45) is 0 Å². The Kier molecular flexibility index (Phi) is 4.60. The van der Waals surface area contributed by atoms with Crippen LogP contribution >= 0.6 is 0 Å². The Morgan fingerprint density at radius 2 is 1.71 bits per heavy atom. The van der Waals surface area contributed by atoms with Crippen molar-refractivity contribution in [3.63, 3.8) is 0 Å². The maximum Gasteiger partial charge on any atom is 0.263 e. The molecule has 5 heteroatoms. The van der Waals surface area contributed by atoms with Gasteiger partial charge in [-0.1, -0.05) is 36.4 Å². The van der Waals surface area contributed by atoms with E-state index < -0.39 is 5.82 Å². The topological polar surface area (TPSA) is 60.9 Å². The molecule has 1 aliphatic carbocycles. The van der Waals surface area contributed by atoms with Gasteiger partial charge in [-0.2, -0.15) is 0 Å². The number of benzene rings is 2. The van der Waals surface area contributed by atoms with Crippen molar-refractivity contribution in [1.82, 2.24) is 9.55 Å². The second-order valence-corrected chi connectivity index (χ2v) is 5.93. The van der Waals surface area contributed by atoms with Crippen LogP contribution < -0.4 is 11.3 Å². The first-order valence-electron chi connectivity index (χ1n) is 8.06. The average molecular weight is 325 g/mol. The summed E-state index contributed by atoms with van der Waals surface area (Å²) < 4.78 is 15.3. The van der Waals surface area contributed by atoms with Crippen molar-refractivity contribution in [2.75, 3.05) is 5.73 Å². The Hall–Kier alpha value is -2.69. The van der Waals surface area contributed by atoms with Crippen LogP contribution in [-0.2, 0) is 0 Å². The second kappa shape index (κ2) is 6.83. The fourth-order valence-electron chi connectivity index (χ4n) is 2.86. The molecular formula is C19H20FN3O. The summed E-state index contributed by atoms with van der Waals surface area (Å²) in [6.45, 7) is 1.74. The molecule has 2 aromatic carbocycles. The molecule has 1 aromatic heterocycles. The lowest BCUT2D eigenvalue weighted by Gasteiger charge is -2.29. The zero-order chi connectivity index (χ0) is 17.1. The number of hydrogen-bond acceptors (Lipinski definition) is 3. The molecule has 3 aromatic rings. The largest absolute Gasteiger partial charge is 0.398 e. The minimum Gasteiger partial charge on any atom is -0.398 e. The first kappa shape index (κ1) is 16.2. The van der Waals surface area contributed by atoms with E-state index in [0.717, 1.165) is 19.3 Å². The summed E-state index contributed by atoms with van der Waals surface area (Å²) >= 11 is 0. The van der Waals surface area contributed by atoms with Gasteiger partial charge in [0.05, 0.1) is 5.39 Å². The summed E-state index contributed by atoms with van der Waals surface area (Å²) in [5, 5.41) is 0.201. The lowest BCUT2D eigenvalue weighted by molar-refractivity contribution is 0.300. The normalized spacial score (nSPS) is 13.9. The molecule has 1 heterocycles. The zero-order valence-corrected chi connectivity index (χ0v) is 13.6. The fourth-order valence-corrected chi connectivity index (χ4v) is 2.86. The minimum atomic E-state index is -0.500. The summed E-state index contributed by atoms with van der Waals surface area (Å²) in [5.74, 6) is 0.0573. The molecule has 1 saturated carbocycles. The van der Waals surface area contributed by atoms with Crippen molar-refractivity contribution in [3.8, 4) is 0 Å². The van der Waals surface area contributed by atoms with Gasteiger partial charge in [-0.15, -0.1) is 0 Å². The van der Waals surface area contributed by atoms with Crippen LogP contribution in [-0.4, -0.2) is 9.55 Å². The van der Waals surface area contributed by atoms with E-state index in [9.17, 15) is 9.18 Å². The van der Waals surface area contributed by atoms with Crippen LogP contribution in [0.1, 0.15) is 31.1 Å². The molecule has 0 amide bonds. The van der Waals surface area contributed by atoms with Crippen LogP contribution in [0.2, 0.25) is 0 Å². The Balaban J connectivity index is 0.000000238. The van der Waals surface area contributed by atoms with Crippen molar-refractivity contribution in [1.29, 1.82) is 0 Å². The van der Waals surface area contributed by atoms with E-state index in [4.69, 9.17) is 5.73 Å². The quantitative estimate of drug-likeness (QED) is 0.692. The highest BCUT2D eigenvalue weighted by atomic mass is 19.1. The zero-order valence-electron chi connectivity index (χ0n) is 13.6. The highest BCUT2D eigenvalue weighted by molar-refractivity contribution is 5.89. The highest BCUT2D eigenvalue weighted by Crippen LogP contribution is 2.32. The van der Waals surface area contributed by atoms with Gasteiger partial charge in [0.15, 0.2) is 0 Å². The van der Waals surface area contributed by atoms with Gasteiger partial charge in [0.25, 0.3) is 5.56 Å². The van der Waals surface area contributed by atoms with Crippen LogP contribution in [0, 0.1) is 12.7 Å². The lowest BCUT2D eigenvalue weighted by atomic mass is 9.92. The number of nitrogen functional groups attached to an aromatic ring is 1. The minimum absolute atomic E-state index is 0.0769. The fraction of sp³-hybridized carbons (Fsp3) is 0.263. The van der Waals surface area contributed by atoms with Gasteiger partial charge in [0, 0.05) is 11.7 Å². The average Bonchev–Trinajstić information content (AvgIpc) is 2.55. The predicted octanol–water partition coefficient (Wildman–Crippen LogP) is 3.84. The summed E-state index contributed by atoms with van der Waals surface area (Å²) in [5.41, 5.74) is 5.93. The number of aromatic nitrogens is 2. The Morgan fingerprint density at radius 3 is 2.21 bits per heavy atom. The van der Waals surface area contributed by atoms with Crippen molar-refractivity contribution in [3.05, 3.63) is 70.5 Å². The molecule has 4 nitrogen and oxygen atoms in total. The second-order valence-electron chi connectivity index (χ2n) is 5.93. The van der Waals surface area contributed by atoms with Crippen molar-refractivity contribution in [2.45, 2.75) is 32.2 Å². The Bertz CT molecular complexity index is 875. The number of hydrogen-bond donors (Lipinski definition) is 1. The van der Waals surface area contributed by atoms with Gasteiger partial charge >= 0.3 is 0 Å². The molecule has 1 fully saturated rings. The molecule has 0 spiro atoms. The standard InChI is InChI=1S/C13H14FN3O.C6H6/c1-7-16-12-9(14)5-6-10(15)11(12)13(18)17(7)8-3-2-4-8;1-2-4-6-5-3-1/h5-6,8H,2-4,15H2,1H3;1-6H. The summed E-state index contributed by atoms with van der Waals surface area (Å²) in [6, 6.07) is 14.9. The van der Waals surface area contributed by atoms with Crippen molar-refractivity contribution < 1.29 is 4.39 Å². The first-order chi connectivity index (χ1) is 11.6. The Labute approximate surface area is 139 Å². The van der Waals surface area contributed by atoms with Crippen molar-refractivity contribution >= 4 is 16.6 Å². The predicted molar refractivity (Wildman–Crippen MR) is 94.4 cm³/mol. The van der Waals surface area contributed by atoms with E-state index in [2.05, 4.69) is 4.98 Å². The molecule has 1 aliphatic rings. The number of nitrogens with two attached hydrogens (primary N) is 1. The van der Waals surface area contributed by atoms with Crippen LogP contribution in [0.5, 0.6) is 0 Å². The third-order valence-corrected chi connectivity index (χ3v) is 4.32. The third-order valence-electron chi connectivity index (χ3n) is 4.32. The summed E-state index contributed by atoms with van der Waals surface area (Å²) in [4.78, 5) is 16.6. The maximum atomic E-state index is 13.7. The monoisotopic (exact) mass is 325 g/mol. The molecule has 0 aliphatic heterocycles. The lowest BCUT2D eigenvalue weighted by Crippen LogP contribution is -2.32. The first-order valence-corrected chi connectivity index (χ1v) is 8.06. The molecule has 24 heavy (non-hydrogen) atoms. The molecule has 0 unspecified atom stereocenters. The SMILES string of the molecule is Cc1nc2c(F)ccc(N)c2c(=O)n1C1CCC1.c1ccccc1. The summed E-state index contributed by atoms with van der Waals surface area (Å²) in [6.07, 6.45) is 3.07. The number of aryl methyl sites for hydroxylation is 1. The molecule has 0 radical (unpaired) electrons. The third kappa shape index (κ3) is 3.02.